The molecule has 0 aliphatic carbocycles. The van der Waals surface area contributed by atoms with Crippen LogP contribution in [-0.2, 0) is 29.3 Å². The molecule has 0 radical (unpaired) electrons. The molecule has 7 nitrogen and oxygen atoms in total. The molecule has 0 saturated carbocycles. The Kier molecular flexibility index (Phi) is 5.82. The normalized spacial score (nSPS) is 13.5. The van der Waals surface area contributed by atoms with Gasteiger partial charge in [0.25, 0.3) is 0 Å². The summed E-state index contributed by atoms with van der Waals surface area (Å²) in [5.74, 6) is 0. The van der Waals surface area contributed by atoms with Crippen molar-refractivity contribution in [2.24, 2.45) is 0 Å². The van der Waals surface area contributed by atoms with Crippen LogP contribution >= 0.6 is 0 Å². The maximum absolute atomic E-state index is 12.1. The highest BCUT2D eigenvalue weighted by Gasteiger charge is 2.47. The quantitative estimate of drug-likeness (QED) is 0.179. The van der Waals surface area contributed by atoms with Crippen LogP contribution in [0.25, 0.3) is 0 Å². The molecule has 0 heterocycles. The Balaban J connectivity index is 4.17. The van der Waals surface area contributed by atoms with E-state index < -0.39 is 25.2 Å². The average Bonchev–Trinajstić information content (AvgIpc) is 2.21. The zero-order valence-corrected chi connectivity index (χ0v) is 7.88. The van der Waals surface area contributed by atoms with Crippen molar-refractivity contribution in [1.82, 2.24) is 0 Å². The molecule has 0 aromatic rings. The molecule has 15 heteroatoms. The van der Waals surface area contributed by atoms with Gasteiger partial charge in [-0.15, -0.1) is 54.7 Å². The molecule has 0 rings (SSSR count). The summed E-state index contributed by atoms with van der Waals surface area (Å²) < 4.78 is 93.4. The molecule has 0 aromatic heterocycles. The molecule has 19 heavy (non-hydrogen) atoms. The van der Waals surface area contributed by atoms with Crippen LogP contribution in [0.5, 0.6) is 0 Å². The monoisotopic (exact) mass is 313 g/mol. The van der Waals surface area contributed by atoms with Gasteiger partial charge in [0, 0.05) is 0 Å². The molecule has 0 aliphatic rings. The van der Waals surface area contributed by atoms with Crippen molar-refractivity contribution >= 4 is 6.22 Å². The smallest absolute Gasteiger partial charge is 0.257 e. The molecule has 0 aromatic carbocycles. The predicted octanol–water partition coefficient (Wildman–Crippen LogP) is 2.54. The number of carbonyl (C=O) groups is 1. The van der Waals surface area contributed by atoms with E-state index in [2.05, 4.69) is 29.3 Å². The molecule has 0 N–H and O–H groups in total. The largest absolute Gasteiger partial charge is 0.549 e. The first kappa shape index (κ1) is 17.7. The fourth-order valence-electron chi connectivity index (χ4n) is 0.302. The zero-order valence-electron chi connectivity index (χ0n) is 7.88. The van der Waals surface area contributed by atoms with E-state index >= 15 is 0 Å². The average molecular weight is 313 g/mol. The maximum atomic E-state index is 12.1. The van der Waals surface area contributed by atoms with Crippen molar-refractivity contribution in [3.8, 4) is 0 Å². The fourth-order valence-corrected chi connectivity index (χ4v) is 0.302. The molecule has 114 valence electrons. The van der Waals surface area contributed by atoms with Crippen LogP contribution in [0, 0.1) is 0 Å². The highest BCUT2D eigenvalue weighted by molar-refractivity contribution is 5.56. The number of carbonyl (C=O) groups excluding carboxylic acids is 1. The summed E-state index contributed by atoms with van der Waals surface area (Å²) in [5.41, 5.74) is 0. The van der Waals surface area contributed by atoms with Crippen molar-refractivity contribution in [3.05, 3.63) is 0 Å². The lowest BCUT2D eigenvalue weighted by molar-refractivity contribution is -0.681. The molecule has 0 unspecified atom stereocenters. The minimum atomic E-state index is -5.70. The second kappa shape index (κ2) is 6.24. The first-order valence-corrected chi connectivity index (χ1v) is 3.44. The van der Waals surface area contributed by atoms with Gasteiger partial charge in [-0.25, -0.2) is 4.79 Å². The van der Waals surface area contributed by atoms with Crippen LogP contribution in [0.4, 0.5) is 39.9 Å². The molecule has 0 fully saturated rings. The summed E-state index contributed by atoms with van der Waals surface area (Å²) in [6, 6.07) is 0. The first-order valence-electron chi connectivity index (χ1n) is 3.44. The summed E-state index contributed by atoms with van der Waals surface area (Å²) in [6.07, 6.45) is -19.4. The van der Waals surface area contributed by atoms with Crippen LogP contribution in [0.15, 0.2) is 0 Å². The third-order valence-corrected chi connectivity index (χ3v) is 0.673. The van der Waals surface area contributed by atoms with Gasteiger partial charge in [0.15, 0.2) is 0 Å². The third kappa shape index (κ3) is 10.3. The number of halogens is 8. The Morgan fingerprint density at radius 3 is 1.42 bits per heavy atom. The molecular formula is C4F8O7. The van der Waals surface area contributed by atoms with Crippen molar-refractivity contribution in [2.45, 2.75) is 19.0 Å². The Labute approximate surface area is 95.8 Å². The molecule has 0 amide bonds. The topological polar surface area (TPSA) is 72.5 Å². The fraction of sp³-hybridized carbons (Fsp3) is 0.750. The van der Waals surface area contributed by atoms with Crippen LogP contribution in [0.3, 0.4) is 0 Å². The van der Waals surface area contributed by atoms with E-state index in [-0.39, 0.29) is 0 Å². The third-order valence-electron chi connectivity index (χ3n) is 0.673. The molecule has 0 saturated heterocycles. The number of hydrogen-bond acceptors (Lipinski definition) is 7. The maximum Gasteiger partial charge on any atom is 0.549 e. The van der Waals surface area contributed by atoms with Crippen LogP contribution in [-0.4, -0.2) is 25.2 Å². The summed E-state index contributed by atoms with van der Waals surface area (Å²) in [7, 11) is 0. The van der Waals surface area contributed by atoms with Crippen LogP contribution in [0.1, 0.15) is 0 Å². The van der Waals surface area contributed by atoms with Gasteiger partial charge < -0.3 is 0 Å². The Hall–Kier alpha value is -1.29. The van der Waals surface area contributed by atoms with Crippen LogP contribution < -0.4 is 0 Å². The van der Waals surface area contributed by atoms with E-state index in [1.54, 1.807) is 0 Å². The highest BCUT2D eigenvalue weighted by atomic mass is 19.5. The van der Waals surface area contributed by atoms with E-state index in [1.807, 2.05) is 0 Å². The predicted molar refractivity (Wildman–Crippen MR) is 29.0 cm³/mol. The van der Waals surface area contributed by atoms with E-state index in [1.165, 1.54) is 0 Å². The second-order valence-corrected chi connectivity index (χ2v) is 2.11. The SMILES string of the molecule is O=C(F)OOC(F)(F)OOC(F)(F)OO[13C](F)(F)F. The van der Waals surface area contributed by atoms with E-state index in [9.17, 15) is 39.9 Å². The minimum absolute atomic E-state index is 2.07. The molecule has 0 spiro atoms. The summed E-state index contributed by atoms with van der Waals surface area (Å²) in [5, 5.41) is 0. The Morgan fingerprint density at radius 2 is 1.05 bits per heavy atom. The molecular weight excluding hydrogens is 313 g/mol. The summed E-state index contributed by atoms with van der Waals surface area (Å²) in [4.78, 5) is 23.4. The van der Waals surface area contributed by atoms with Crippen molar-refractivity contribution in [2.75, 3.05) is 0 Å². The van der Waals surface area contributed by atoms with Crippen LogP contribution in [0.2, 0.25) is 0 Å². The minimum Gasteiger partial charge on any atom is -0.257 e. The standard InChI is InChI=1S/C4F8O7/c5-1(13)14-16-3(9,10)18-19-4(11,12)17-15-2(6,7)8/i2+1. The van der Waals surface area contributed by atoms with E-state index in [0.29, 0.717) is 0 Å². The molecule has 0 aliphatic heterocycles. The van der Waals surface area contributed by atoms with E-state index in [0.717, 1.165) is 0 Å². The van der Waals surface area contributed by atoms with Gasteiger partial charge in [-0.05, 0) is 0 Å². The lowest BCUT2D eigenvalue weighted by Crippen LogP contribution is -2.34. The number of hydrogen-bond donors (Lipinski definition) is 0. The Bertz CT molecular complexity index is 302. The first-order chi connectivity index (χ1) is 8.33. The second-order valence-electron chi connectivity index (χ2n) is 2.11. The van der Waals surface area contributed by atoms with Gasteiger partial charge >= 0.3 is 25.2 Å². The van der Waals surface area contributed by atoms with Crippen molar-refractivity contribution < 1.29 is 69.2 Å². The highest BCUT2D eigenvalue weighted by Crippen LogP contribution is 2.28. The molecule has 0 bridgehead atoms. The van der Waals surface area contributed by atoms with Crippen molar-refractivity contribution in [3.63, 3.8) is 0 Å². The van der Waals surface area contributed by atoms with Gasteiger partial charge in [0.1, 0.15) is 0 Å². The zero-order chi connectivity index (χ0) is 15.3. The van der Waals surface area contributed by atoms with Gasteiger partial charge in [-0.2, -0.15) is 0 Å². The summed E-state index contributed by atoms with van der Waals surface area (Å²) in [6.45, 7) is 0. The van der Waals surface area contributed by atoms with E-state index in [4.69, 9.17) is 0 Å². The van der Waals surface area contributed by atoms with Gasteiger partial charge in [0.05, 0.1) is 0 Å². The lowest BCUT2D eigenvalue weighted by Gasteiger charge is -2.17. The van der Waals surface area contributed by atoms with Gasteiger partial charge in [0.2, 0.25) is 0 Å². The van der Waals surface area contributed by atoms with Gasteiger partial charge in [-0.3, -0.25) is 4.89 Å². The lowest BCUT2D eigenvalue weighted by atomic mass is 11.3. The Morgan fingerprint density at radius 1 is 0.684 bits per heavy atom. The number of alkyl halides is 7. The number of rotatable bonds is 7. The molecule has 0 atom stereocenters. The van der Waals surface area contributed by atoms with Gasteiger partial charge in [-0.1, -0.05) is 4.89 Å². The summed E-state index contributed by atoms with van der Waals surface area (Å²) >= 11 is 0. The van der Waals surface area contributed by atoms with Crippen molar-refractivity contribution in [1.29, 1.82) is 0 Å².